The summed E-state index contributed by atoms with van der Waals surface area (Å²) in [5.41, 5.74) is 4.19. The van der Waals surface area contributed by atoms with Crippen LogP contribution in [0.15, 0.2) is 41.2 Å². The number of aryl methyl sites for hydroxylation is 2. The van der Waals surface area contributed by atoms with Crippen LogP contribution in [0.3, 0.4) is 0 Å². The SMILES string of the molecule is Cc1cc(C)cc(-c2nn(-c3cc(N4CCCC4)ccc3C(F)(F)F)c(=O)c3c2CCC3)c1. The lowest BCUT2D eigenvalue weighted by Gasteiger charge is -2.22. The molecule has 2 aromatic carbocycles. The van der Waals surface area contributed by atoms with Gasteiger partial charge in [0.25, 0.3) is 5.56 Å². The monoisotopic (exact) mass is 453 g/mol. The van der Waals surface area contributed by atoms with Crippen molar-refractivity contribution in [3.8, 4) is 16.9 Å². The van der Waals surface area contributed by atoms with Crippen LogP contribution in [0.5, 0.6) is 0 Å². The zero-order valence-corrected chi connectivity index (χ0v) is 18.8. The van der Waals surface area contributed by atoms with Crippen molar-refractivity contribution in [2.75, 3.05) is 18.0 Å². The Morgan fingerprint density at radius 2 is 1.55 bits per heavy atom. The first kappa shape index (κ1) is 21.7. The third kappa shape index (κ3) is 3.94. The first-order valence-corrected chi connectivity index (χ1v) is 11.4. The van der Waals surface area contributed by atoms with E-state index in [1.54, 1.807) is 0 Å². The molecule has 0 unspecified atom stereocenters. The molecule has 2 heterocycles. The number of hydrogen-bond donors (Lipinski definition) is 0. The Hall–Kier alpha value is -3.09. The molecule has 2 aliphatic rings. The van der Waals surface area contributed by atoms with Crippen molar-refractivity contribution >= 4 is 5.69 Å². The molecule has 0 atom stereocenters. The second-order valence-electron chi connectivity index (χ2n) is 9.15. The molecule has 33 heavy (non-hydrogen) atoms. The average Bonchev–Trinajstić information content (AvgIpc) is 3.45. The molecule has 1 aliphatic carbocycles. The van der Waals surface area contributed by atoms with Crippen molar-refractivity contribution < 1.29 is 13.2 Å². The van der Waals surface area contributed by atoms with Crippen molar-refractivity contribution in [2.45, 2.75) is 52.1 Å². The van der Waals surface area contributed by atoms with Crippen molar-refractivity contribution in [2.24, 2.45) is 0 Å². The van der Waals surface area contributed by atoms with E-state index in [2.05, 4.69) is 10.00 Å². The second kappa shape index (κ2) is 8.04. The van der Waals surface area contributed by atoms with Gasteiger partial charge in [0.15, 0.2) is 0 Å². The van der Waals surface area contributed by atoms with E-state index < -0.39 is 17.3 Å². The maximum absolute atomic E-state index is 14.0. The summed E-state index contributed by atoms with van der Waals surface area (Å²) in [6.45, 7) is 5.55. The van der Waals surface area contributed by atoms with E-state index in [0.717, 1.165) is 65.4 Å². The maximum Gasteiger partial charge on any atom is 0.418 e. The van der Waals surface area contributed by atoms with Crippen LogP contribution in [-0.4, -0.2) is 22.9 Å². The maximum atomic E-state index is 14.0. The molecular formula is C26H26F3N3O. The van der Waals surface area contributed by atoms with Gasteiger partial charge in [0.2, 0.25) is 0 Å². The molecule has 0 saturated carbocycles. The van der Waals surface area contributed by atoms with Gasteiger partial charge in [0.1, 0.15) is 0 Å². The first-order valence-electron chi connectivity index (χ1n) is 11.4. The smallest absolute Gasteiger partial charge is 0.371 e. The number of halogens is 3. The molecule has 4 nitrogen and oxygen atoms in total. The molecule has 0 amide bonds. The zero-order chi connectivity index (χ0) is 23.3. The minimum Gasteiger partial charge on any atom is -0.371 e. The number of nitrogens with zero attached hydrogens (tertiary/aromatic N) is 3. The largest absolute Gasteiger partial charge is 0.418 e. The van der Waals surface area contributed by atoms with Crippen LogP contribution in [0.25, 0.3) is 16.9 Å². The van der Waals surface area contributed by atoms with Crippen molar-refractivity contribution in [1.29, 1.82) is 0 Å². The summed E-state index contributed by atoms with van der Waals surface area (Å²) < 4.78 is 43.1. The Labute approximate surface area is 190 Å². The average molecular weight is 454 g/mol. The standard InChI is InChI=1S/C26H26F3N3O/c1-16-12-17(2)14-18(13-16)24-20-6-5-7-21(20)25(33)32(30-24)23-15-19(31-10-3-4-11-31)8-9-22(23)26(27,28)29/h8-9,12-15H,3-7,10-11H2,1-2H3. The molecule has 1 fully saturated rings. The van der Waals surface area contributed by atoms with Gasteiger partial charge in [0, 0.05) is 29.9 Å². The second-order valence-corrected chi connectivity index (χ2v) is 9.15. The molecule has 7 heteroatoms. The molecule has 3 aromatic rings. The van der Waals surface area contributed by atoms with Gasteiger partial charge in [-0.1, -0.05) is 17.2 Å². The molecule has 1 saturated heterocycles. The lowest BCUT2D eigenvalue weighted by Crippen LogP contribution is -2.28. The van der Waals surface area contributed by atoms with E-state index in [-0.39, 0.29) is 5.69 Å². The van der Waals surface area contributed by atoms with E-state index in [0.29, 0.717) is 29.8 Å². The highest BCUT2D eigenvalue weighted by Crippen LogP contribution is 2.37. The minimum absolute atomic E-state index is 0.197. The highest BCUT2D eigenvalue weighted by molar-refractivity contribution is 5.67. The number of rotatable bonds is 3. The lowest BCUT2D eigenvalue weighted by atomic mass is 10.00. The van der Waals surface area contributed by atoms with Gasteiger partial charge in [-0.25, -0.2) is 0 Å². The molecule has 0 spiro atoms. The Morgan fingerprint density at radius 3 is 2.21 bits per heavy atom. The number of alkyl halides is 3. The van der Waals surface area contributed by atoms with E-state index in [1.807, 2.05) is 32.0 Å². The fourth-order valence-corrected chi connectivity index (χ4v) is 5.19. The summed E-state index contributed by atoms with van der Waals surface area (Å²) in [5, 5.41) is 4.59. The molecular weight excluding hydrogens is 427 g/mol. The molecule has 1 aliphatic heterocycles. The summed E-state index contributed by atoms with van der Waals surface area (Å²) in [6, 6.07) is 10.1. The van der Waals surface area contributed by atoms with E-state index in [1.165, 1.54) is 12.1 Å². The van der Waals surface area contributed by atoms with Crippen molar-refractivity contribution in [3.05, 3.63) is 74.6 Å². The van der Waals surface area contributed by atoms with E-state index in [4.69, 9.17) is 0 Å². The van der Waals surface area contributed by atoms with Crippen LogP contribution in [0.2, 0.25) is 0 Å². The third-order valence-corrected chi connectivity index (χ3v) is 6.64. The van der Waals surface area contributed by atoms with Crippen LogP contribution in [0, 0.1) is 13.8 Å². The van der Waals surface area contributed by atoms with Crippen LogP contribution < -0.4 is 10.5 Å². The topological polar surface area (TPSA) is 38.1 Å². The van der Waals surface area contributed by atoms with Crippen LogP contribution in [0.1, 0.15) is 47.1 Å². The number of hydrogen-bond acceptors (Lipinski definition) is 3. The third-order valence-electron chi connectivity index (χ3n) is 6.64. The normalized spacial score (nSPS) is 15.8. The van der Waals surface area contributed by atoms with E-state index >= 15 is 0 Å². The van der Waals surface area contributed by atoms with Crippen molar-refractivity contribution in [1.82, 2.24) is 9.78 Å². The zero-order valence-electron chi connectivity index (χ0n) is 18.8. The van der Waals surface area contributed by atoms with Crippen molar-refractivity contribution in [3.63, 3.8) is 0 Å². The van der Waals surface area contributed by atoms with Gasteiger partial charge in [-0.05, 0) is 81.8 Å². The number of benzene rings is 2. The number of anilines is 1. The predicted molar refractivity (Wildman–Crippen MR) is 123 cm³/mol. The number of aromatic nitrogens is 2. The lowest BCUT2D eigenvalue weighted by molar-refractivity contribution is -0.137. The summed E-state index contributed by atoms with van der Waals surface area (Å²) in [7, 11) is 0. The molecule has 172 valence electrons. The molecule has 0 radical (unpaired) electrons. The Bertz CT molecular complexity index is 1270. The van der Waals surface area contributed by atoms with Crippen LogP contribution >= 0.6 is 0 Å². The van der Waals surface area contributed by atoms with Gasteiger partial charge >= 0.3 is 6.18 Å². The van der Waals surface area contributed by atoms with Crippen LogP contribution in [0.4, 0.5) is 18.9 Å². The van der Waals surface area contributed by atoms with Gasteiger partial charge in [-0.3, -0.25) is 4.79 Å². The Balaban J connectivity index is 1.77. The first-order chi connectivity index (χ1) is 15.7. The Kier molecular flexibility index (Phi) is 5.30. The minimum atomic E-state index is -4.60. The highest BCUT2D eigenvalue weighted by atomic mass is 19.4. The molecule has 0 bridgehead atoms. The summed E-state index contributed by atoms with van der Waals surface area (Å²) in [6.07, 6.45) is -0.524. The Morgan fingerprint density at radius 1 is 0.879 bits per heavy atom. The quantitative estimate of drug-likeness (QED) is 0.516. The summed E-state index contributed by atoms with van der Waals surface area (Å²) in [5.74, 6) is 0. The summed E-state index contributed by atoms with van der Waals surface area (Å²) in [4.78, 5) is 15.5. The van der Waals surface area contributed by atoms with Crippen LogP contribution in [-0.2, 0) is 19.0 Å². The van der Waals surface area contributed by atoms with Gasteiger partial charge in [-0.2, -0.15) is 23.0 Å². The highest BCUT2D eigenvalue weighted by Gasteiger charge is 2.36. The van der Waals surface area contributed by atoms with Gasteiger partial charge in [0.05, 0.1) is 16.9 Å². The fourth-order valence-electron chi connectivity index (χ4n) is 5.19. The molecule has 5 rings (SSSR count). The number of fused-ring (bicyclic) bond motifs is 1. The predicted octanol–water partition coefficient (Wildman–Crippen LogP) is 5.62. The fraction of sp³-hybridized carbons (Fsp3) is 0.385. The van der Waals surface area contributed by atoms with Gasteiger partial charge in [-0.15, -0.1) is 0 Å². The molecule has 1 aromatic heterocycles. The van der Waals surface area contributed by atoms with E-state index in [9.17, 15) is 18.0 Å². The van der Waals surface area contributed by atoms with Gasteiger partial charge < -0.3 is 4.90 Å². The summed E-state index contributed by atoms with van der Waals surface area (Å²) >= 11 is 0. The molecule has 0 N–H and O–H groups in total.